The van der Waals surface area contributed by atoms with Crippen molar-refractivity contribution in [3.8, 4) is 0 Å². The number of rotatable bonds is 5. The van der Waals surface area contributed by atoms with Crippen LogP contribution in [0.5, 0.6) is 0 Å². The number of pyridine rings is 1. The zero-order chi connectivity index (χ0) is 24.6. The molecule has 182 valence electrons. The maximum absolute atomic E-state index is 13.1. The van der Waals surface area contributed by atoms with E-state index >= 15 is 0 Å². The second kappa shape index (κ2) is 9.56. The van der Waals surface area contributed by atoms with E-state index in [1.165, 1.54) is 33.5 Å². The van der Waals surface area contributed by atoms with Gasteiger partial charge in [0, 0.05) is 42.3 Å². The molecule has 2 heterocycles. The standard InChI is InChI=1S/C25H24ClN3O5S/c26-17-8-10-18(11-9-17)35(32,33)29-14-12-28(13-15-29)23(30)16-34-25(31)24-19-4-1-2-6-21(19)27-22-7-3-5-20(22)24/h1-2,4,6,8-11H,3,5,7,12-16H2. The van der Waals surface area contributed by atoms with E-state index in [9.17, 15) is 18.0 Å². The minimum atomic E-state index is -3.67. The molecule has 8 nitrogen and oxygen atoms in total. The zero-order valence-electron chi connectivity index (χ0n) is 18.9. The van der Waals surface area contributed by atoms with Gasteiger partial charge in [-0.05, 0) is 55.2 Å². The van der Waals surface area contributed by atoms with Gasteiger partial charge in [-0.1, -0.05) is 29.8 Å². The van der Waals surface area contributed by atoms with Crippen molar-refractivity contribution >= 4 is 44.4 Å². The average molecular weight is 514 g/mol. The quantitative estimate of drug-likeness (QED) is 0.486. The Kier molecular flexibility index (Phi) is 6.48. The van der Waals surface area contributed by atoms with Gasteiger partial charge in [0.2, 0.25) is 10.0 Å². The second-order valence-corrected chi connectivity index (χ2v) is 11.0. The number of aryl methyl sites for hydroxylation is 1. The second-order valence-electron chi connectivity index (χ2n) is 8.60. The smallest absolute Gasteiger partial charge is 0.339 e. The molecular formula is C25H24ClN3O5S. The van der Waals surface area contributed by atoms with E-state index in [1.807, 2.05) is 24.3 Å². The van der Waals surface area contributed by atoms with Crippen LogP contribution in [0.4, 0.5) is 0 Å². The van der Waals surface area contributed by atoms with Gasteiger partial charge in [-0.3, -0.25) is 9.78 Å². The zero-order valence-corrected chi connectivity index (χ0v) is 20.5. The van der Waals surface area contributed by atoms with Crippen LogP contribution in [0, 0.1) is 0 Å². The summed E-state index contributed by atoms with van der Waals surface area (Å²) >= 11 is 5.86. The Labute approximate surface area is 208 Å². The first-order valence-corrected chi connectivity index (χ1v) is 13.3. The van der Waals surface area contributed by atoms with Crippen LogP contribution in [0.1, 0.15) is 28.0 Å². The summed E-state index contributed by atoms with van der Waals surface area (Å²) in [6.45, 7) is 0.363. The summed E-state index contributed by atoms with van der Waals surface area (Å²) in [5, 5.41) is 1.19. The van der Waals surface area contributed by atoms with Crippen molar-refractivity contribution in [2.45, 2.75) is 24.2 Å². The number of benzene rings is 2. The molecule has 0 bridgehead atoms. The van der Waals surface area contributed by atoms with Crippen molar-refractivity contribution in [3.63, 3.8) is 0 Å². The number of hydrogen-bond donors (Lipinski definition) is 0. The molecule has 1 fully saturated rings. The van der Waals surface area contributed by atoms with Crippen molar-refractivity contribution in [1.29, 1.82) is 0 Å². The SMILES string of the molecule is O=C(OCC(=O)N1CCN(S(=O)(=O)c2ccc(Cl)cc2)CC1)c1c2c(nc3ccccc13)CCC2. The third-order valence-electron chi connectivity index (χ3n) is 6.49. The Hall–Kier alpha value is -3.01. The summed E-state index contributed by atoms with van der Waals surface area (Å²) in [5.41, 5.74) is 3.06. The highest BCUT2D eigenvalue weighted by molar-refractivity contribution is 7.89. The maximum Gasteiger partial charge on any atom is 0.339 e. The lowest BCUT2D eigenvalue weighted by Crippen LogP contribution is -2.51. The highest BCUT2D eigenvalue weighted by Crippen LogP contribution is 2.30. The molecule has 1 aromatic heterocycles. The number of sulfonamides is 1. The summed E-state index contributed by atoms with van der Waals surface area (Å²) in [6.07, 6.45) is 2.51. The molecule has 1 amide bonds. The van der Waals surface area contributed by atoms with Gasteiger partial charge in [0.05, 0.1) is 16.0 Å². The van der Waals surface area contributed by atoms with E-state index in [0.29, 0.717) is 10.6 Å². The van der Waals surface area contributed by atoms with Crippen molar-refractivity contribution in [2.75, 3.05) is 32.8 Å². The Morgan fingerprint density at radius 2 is 1.69 bits per heavy atom. The molecule has 1 aliphatic carbocycles. The molecular weight excluding hydrogens is 490 g/mol. The summed E-state index contributed by atoms with van der Waals surface area (Å²) in [6, 6.07) is 13.4. The van der Waals surface area contributed by atoms with Crippen molar-refractivity contribution < 1.29 is 22.7 Å². The van der Waals surface area contributed by atoms with Crippen LogP contribution >= 0.6 is 11.6 Å². The van der Waals surface area contributed by atoms with Crippen LogP contribution in [0.3, 0.4) is 0 Å². The van der Waals surface area contributed by atoms with Crippen LogP contribution in [-0.4, -0.2) is 67.3 Å². The van der Waals surface area contributed by atoms with Crippen molar-refractivity contribution in [1.82, 2.24) is 14.2 Å². The third-order valence-corrected chi connectivity index (χ3v) is 8.66. The number of para-hydroxylation sites is 1. The topological polar surface area (TPSA) is 96.9 Å². The molecule has 10 heteroatoms. The summed E-state index contributed by atoms with van der Waals surface area (Å²) < 4.78 is 32.5. The fourth-order valence-corrected chi connectivity index (χ4v) is 6.22. The summed E-state index contributed by atoms with van der Waals surface area (Å²) in [4.78, 5) is 32.2. The molecule has 2 aliphatic rings. The Bertz CT molecular complexity index is 1400. The van der Waals surface area contributed by atoms with E-state index in [0.717, 1.165) is 41.4 Å². The minimum Gasteiger partial charge on any atom is -0.452 e. The van der Waals surface area contributed by atoms with E-state index in [-0.39, 0.29) is 37.0 Å². The lowest BCUT2D eigenvalue weighted by atomic mass is 10.0. The fraction of sp³-hybridized carbons (Fsp3) is 0.320. The van der Waals surface area contributed by atoms with Gasteiger partial charge in [-0.25, -0.2) is 13.2 Å². The molecule has 2 aromatic carbocycles. The lowest BCUT2D eigenvalue weighted by molar-refractivity contribution is -0.135. The van der Waals surface area contributed by atoms with Gasteiger partial charge in [0.25, 0.3) is 5.91 Å². The van der Waals surface area contributed by atoms with Crippen LogP contribution in [0.25, 0.3) is 10.9 Å². The molecule has 0 spiro atoms. The minimum absolute atomic E-state index is 0.160. The normalized spacial score (nSPS) is 16.3. The maximum atomic E-state index is 13.1. The van der Waals surface area contributed by atoms with Gasteiger partial charge in [-0.2, -0.15) is 4.31 Å². The van der Waals surface area contributed by atoms with Crippen molar-refractivity contribution in [2.24, 2.45) is 0 Å². The molecule has 35 heavy (non-hydrogen) atoms. The molecule has 3 aromatic rings. The number of aromatic nitrogens is 1. The van der Waals surface area contributed by atoms with Gasteiger partial charge in [0.1, 0.15) is 0 Å². The molecule has 0 N–H and O–H groups in total. The highest BCUT2D eigenvalue weighted by Gasteiger charge is 2.31. The predicted molar refractivity (Wildman–Crippen MR) is 131 cm³/mol. The fourth-order valence-electron chi connectivity index (χ4n) is 4.67. The monoisotopic (exact) mass is 513 g/mol. The predicted octanol–water partition coefficient (Wildman–Crippen LogP) is 3.07. The Morgan fingerprint density at radius 3 is 2.43 bits per heavy atom. The number of carbonyl (C=O) groups excluding carboxylic acids is 2. The average Bonchev–Trinajstić information content (AvgIpc) is 3.34. The molecule has 0 radical (unpaired) electrons. The first-order chi connectivity index (χ1) is 16.8. The van der Waals surface area contributed by atoms with Crippen LogP contribution in [-0.2, 0) is 32.4 Å². The Balaban J connectivity index is 1.22. The molecule has 0 saturated carbocycles. The molecule has 1 aliphatic heterocycles. The van der Waals surface area contributed by atoms with Gasteiger partial charge in [-0.15, -0.1) is 0 Å². The van der Waals surface area contributed by atoms with Crippen molar-refractivity contribution in [3.05, 3.63) is 70.4 Å². The highest BCUT2D eigenvalue weighted by atomic mass is 35.5. The van der Waals surface area contributed by atoms with E-state index < -0.39 is 22.6 Å². The number of hydrogen-bond acceptors (Lipinski definition) is 6. The van der Waals surface area contributed by atoms with Gasteiger partial charge in [0.15, 0.2) is 6.61 Å². The number of carbonyl (C=O) groups is 2. The van der Waals surface area contributed by atoms with E-state index in [4.69, 9.17) is 16.3 Å². The van der Waals surface area contributed by atoms with Crippen LogP contribution in [0.2, 0.25) is 5.02 Å². The van der Waals surface area contributed by atoms with E-state index in [1.54, 1.807) is 0 Å². The summed E-state index contributed by atoms with van der Waals surface area (Å²) in [5.74, 6) is -0.879. The number of piperazine rings is 1. The number of fused-ring (bicyclic) bond motifs is 2. The molecule has 0 unspecified atom stereocenters. The summed E-state index contributed by atoms with van der Waals surface area (Å²) in [7, 11) is -3.67. The number of halogens is 1. The number of amides is 1. The lowest BCUT2D eigenvalue weighted by Gasteiger charge is -2.33. The van der Waals surface area contributed by atoms with Crippen LogP contribution in [0.15, 0.2) is 53.4 Å². The first kappa shape index (κ1) is 23.7. The van der Waals surface area contributed by atoms with Crippen LogP contribution < -0.4 is 0 Å². The largest absolute Gasteiger partial charge is 0.452 e. The number of ether oxygens (including phenoxy) is 1. The molecule has 0 atom stereocenters. The van der Waals surface area contributed by atoms with Gasteiger partial charge >= 0.3 is 5.97 Å². The number of nitrogens with zero attached hydrogens (tertiary/aromatic N) is 3. The Morgan fingerprint density at radius 1 is 0.971 bits per heavy atom. The van der Waals surface area contributed by atoms with E-state index in [2.05, 4.69) is 4.98 Å². The van der Waals surface area contributed by atoms with Gasteiger partial charge < -0.3 is 9.64 Å². The molecule has 5 rings (SSSR count). The molecule has 1 saturated heterocycles. The number of esters is 1. The first-order valence-electron chi connectivity index (χ1n) is 11.5. The third kappa shape index (κ3) is 4.63.